The Bertz CT molecular complexity index is 460. The highest BCUT2D eigenvalue weighted by Crippen LogP contribution is 2.10. The standard InChI is InChI=1S/C13H20N4O2/c1-3-17(8-7-12(14)16-19)13(18)15-11-6-4-5-10(2)9-11/h4-6,9,19H,3,7-8H2,1-2H3,(H2,14,16)(H,15,18). The second-order valence-electron chi connectivity index (χ2n) is 4.22. The molecule has 0 spiro atoms. The SMILES string of the molecule is CCN(CCC(N)=NO)C(=O)Nc1cccc(C)c1. The topological polar surface area (TPSA) is 90.9 Å². The maximum absolute atomic E-state index is 12.0. The number of hydrogen-bond acceptors (Lipinski definition) is 3. The number of benzene rings is 1. The number of nitrogens with zero attached hydrogens (tertiary/aromatic N) is 2. The Labute approximate surface area is 112 Å². The average molecular weight is 264 g/mol. The van der Waals surface area contributed by atoms with Gasteiger partial charge >= 0.3 is 6.03 Å². The molecule has 0 heterocycles. The molecular formula is C13H20N4O2. The van der Waals surface area contributed by atoms with Crippen LogP contribution in [0.3, 0.4) is 0 Å². The van der Waals surface area contributed by atoms with Crippen molar-refractivity contribution < 1.29 is 10.0 Å². The summed E-state index contributed by atoms with van der Waals surface area (Å²) >= 11 is 0. The van der Waals surface area contributed by atoms with E-state index < -0.39 is 0 Å². The summed E-state index contributed by atoms with van der Waals surface area (Å²) in [4.78, 5) is 13.6. The van der Waals surface area contributed by atoms with E-state index >= 15 is 0 Å². The molecule has 0 aliphatic heterocycles. The normalized spacial score (nSPS) is 11.2. The molecule has 1 aromatic rings. The lowest BCUT2D eigenvalue weighted by atomic mass is 10.2. The Morgan fingerprint density at radius 2 is 2.26 bits per heavy atom. The maximum atomic E-state index is 12.0. The van der Waals surface area contributed by atoms with Gasteiger partial charge in [-0.05, 0) is 31.5 Å². The van der Waals surface area contributed by atoms with Crippen LogP contribution in [0, 0.1) is 6.92 Å². The first kappa shape index (κ1) is 14.8. The van der Waals surface area contributed by atoms with Crippen LogP contribution in [0.4, 0.5) is 10.5 Å². The van der Waals surface area contributed by atoms with Crippen LogP contribution in [0.5, 0.6) is 0 Å². The third-order valence-corrected chi connectivity index (χ3v) is 2.70. The quantitative estimate of drug-likeness (QED) is 0.329. The summed E-state index contributed by atoms with van der Waals surface area (Å²) in [5, 5.41) is 14.2. The van der Waals surface area contributed by atoms with Crippen molar-refractivity contribution in [3.8, 4) is 0 Å². The van der Waals surface area contributed by atoms with Crippen molar-refractivity contribution in [3.63, 3.8) is 0 Å². The molecule has 0 aliphatic carbocycles. The molecule has 0 fully saturated rings. The Hall–Kier alpha value is -2.24. The minimum absolute atomic E-state index is 0.113. The predicted octanol–water partition coefficient (Wildman–Crippen LogP) is 1.99. The molecule has 6 nitrogen and oxygen atoms in total. The molecule has 19 heavy (non-hydrogen) atoms. The lowest BCUT2D eigenvalue weighted by molar-refractivity contribution is 0.215. The summed E-state index contributed by atoms with van der Waals surface area (Å²) in [5.74, 6) is 0.113. The zero-order chi connectivity index (χ0) is 14.3. The molecule has 1 aromatic carbocycles. The molecule has 0 radical (unpaired) electrons. The van der Waals surface area contributed by atoms with Gasteiger partial charge in [0, 0.05) is 25.2 Å². The number of aryl methyl sites for hydroxylation is 1. The zero-order valence-corrected chi connectivity index (χ0v) is 11.3. The molecule has 104 valence electrons. The highest BCUT2D eigenvalue weighted by atomic mass is 16.4. The molecule has 0 saturated carbocycles. The van der Waals surface area contributed by atoms with Crippen LogP contribution in [0.25, 0.3) is 0 Å². The summed E-state index contributed by atoms with van der Waals surface area (Å²) in [6.45, 7) is 4.80. The Balaban J connectivity index is 2.59. The third-order valence-electron chi connectivity index (χ3n) is 2.70. The lowest BCUT2D eigenvalue weighted by Gasteiger charge is -2.21. The van der Waals surface area contributed by atoms with Crippen LogP contribution < -0.4 is 11.1 Å². The number of oxime groups is 1. The maximum Gasteiger partial charge on any atom is 0.321 e. The van der Waals surface area contributed by atoms with Crippen molar-refractivity contribution in [2.75, 3.05) is 18.4 Å². The first-order chi connectivity index (χ1) is 9.06. The molecule has 6 heteroatoms. The van der Waals surface area contributed by atoms with Crippen molar-refractivity contribution in [1.82, 2.24) is 4.90 Å². The number of urea groups is 1. The van der Waals surface area contributed by atoms with E-state index in [0.29, 0.717) is 19.5 Å². The Kier molecular flexibility index (Phi) is 5.66. The molecule has 4 N–H and O–H groups in total. The molecule has 0 aromatic heterocycles. The summed E-state index contributed by atoms with van der Waals surface area (Å²) in [6.07, 6.45) is 0.339. The summed E-state index contributed by atoms with van der Waals surface area (Å²) in [5.41, 5.74) is 7.23. The molecule has 0 aliphatic rings. The van der Waals surface area contributed by atoms with E-state index in [1.807, 2.05) is 38.1 Å². The van der Waals surface area contributed by atoms with Crippen LogP contribution in [-0.2, 0) is 0 Å². The van der Waals surface area contributed by atoms with E-state index in [-0.39, 0.29) is 11.9 Å². The summed E-state index contributed by atoms with van der Waals surface area (Å²) < 4.78 is 0. The molecule has 0 atom stereocenters. The van der Waals surface area contributed by atoms with Crippen LogP contribution in [0.2, 0.25) is 0 Å². The van der Waals surface area contributed by atoms with Crippen molar-refractivity contribution >= 4 is 17.6 Å². The van der Waals surface area contributed by atoms with Crippen LogP contribution in [-0.4, -0.2) is 35.1 Å². The molecule has 2 amide bonds. The van der Waals surface area contributed by atoms with Crippen LogP contribution in [0.15, 0.2) is 29.4 Å². The number of hydrogen-bond donors (Lipinski definition) is 3. The van der Waals surface area contributed by atoms with Crippen LogP contribution in [0.1, 0.15) is 18.9 Å². The van der Waals surface area contributed by atoms with Gasteiger partial charge in [0.05, 0.1) is 0 Å². The average Bonchev–Trinajstić information content (AvgIpc) is 2.39. The highest BCUT2D eigenvalue weighted by molar-refractivity contribution is 5.89. The van der Waals surface area contributed by atoms with Crippen molar-refractivity contribution in [3.05, 3.63) is 29.8 Å². The number of amidine groups is 1. The van der Waals surface area contributed by atoms with Gasteiger partial charge in [-0.15, -0.1) is 0 Å². The highest BCUT2D eigenvalue weighted by Gasteiger charge is 2.12. The molecule has 0 bridgehead atoms. The first-order valence-electron chi connectivity index (χ1n) is 6.15. The second-order valence-corrected chi connectivity index (χ2v) is 4.22. The molecule has 1 rings (SSSR count). The fourth-order valence-corrected chi connectivity index (χ4v) is 1.63. The Morgan fingerprint density at radius 1 is 1.53 bits per heavy atom. The fraction of sp³-hybridized carbons (Fsp3) is 0.385. The second kappa shape index (κ2) is 7.25. The van der Waals surface area contributed by atoms with E-state index in [0.717, 1.165) is 11.3 Å². The summed E-state index contributed by atoms with van der Waals surface area (Å²) in [7, 11) is 0. The van der Waals surface area contributed by atoms with E-state index in [1.54, 1.807) is 4.90 Å². The first-order valence-corrected chi connectivity index (χ1v) is 6.15. The number of rotatable bonds is 5. The number of anilines is 1. The fourth-order valence-electron chi connectivity index (χ4n) is 1.63. The van der Waals surface area contributed by atoms with Gasteiger partial charge in [-0.3, -0.25) is 0 Å². The van der Waals surface area contributed by atoms with Crippen molar-refractivity contribution in [1.29, 1.82) is 0 Å². The molecule has 0 unspecified atom stereocenters. The number of carbonyl (C=O) groups excluding carboxylic acids is 1. The van der Waals surface area contributed by atoms with Gasteiger partial charge in [0.25, 0.3) is 0 Å². The smallest absolute Gasteiger partial charge is 0.321 e. The van der Waals surface area contributed by atoms with E-state index in [1.165, 1.54) is 0 Å². The van der Waals surface area contributed by atoms with Gasteiger partial charge in [0.1, 0.15) is 5.84 Å². The lowest BCUT2D eigenvalue weighted by Crippen LogP contribution is -2.37. The molecular weight excluding hydrogens is 244 g/mol. The largest absolute Gasteiger partial charge is 0.409 e. The van der Waals surface area contributed by atoms with Gasteiger partial charge in [-0.25, -0.2) is 4.79 Å². The monoisotopic (exact) mass is 264 g/mol. The van der Waals surface area contributed by atoms with Gasteiger partial charge in [0.15, 0.2) is 0 Å². The van der Waals surface area contributed by atoms with E-state index in [2.05, 4.69) is 10.5 Å². The van der Waals surface area contributed by atoms with E-state index in [9.17, 15) is 4.79 Å². The van der Waals surface area contributed by atoms with Gasteiger partial charge in [0.2, 0.25) is 0 Å². The number of amides is 2. The third kappa shape index (κ3) is 4.87. The number of nitrogens with two attached hydrogens (primary N) is 1. The number of carbonyl (C=O) groups is 1. The zero-order valence-electron chi connectivity index (χ0n) is 11.3. The minimum atomic E-state index is -0.196. The van der Waals surface area contributed by atoms with Crippen LogP contribution >= 0.6 is 0 Å². The van der Waals surface area contributed by atoms with E-state index in [4.69, 9.17) is 10.9 Å². The van der Waals surface area contributed by atoms with Gasteiger partial charge < -0.3 is 21.2 Å². The van der Waals surface area contributed by atoms with Crippen molar-refractivity contribution in [2.24, 2.45) is 10.9 Å². The number of nitrogens with one attached hydrogen (secondary N) is 1. The van der Waals surface area contributed by atoms with Gasteiger partial charge in [-0.2, -0.15) is 0 Å². The predicted molar refractivity (Wildman–Crippen MR) is 75.5 cm³/mol. The van der Waals surface area contributed by atoms with Gasteiger partial charge in [-0.1, -0.05) is 17.3 Å². The minimum Gasteiger partial charge on any atom is -0.409 e. The Morgan fingerprint density at radius 3 is 2.84 bits per heavy atom. The van der Waals surface area contributed by atoms with Crippen molar-refractivity contribution in [2.45, 2.75) is 20.3 Å². The summed E-state index contributed by atoms with van der Waals surface area (Å²) in [6, 6.07) is 7.39. The molecule has 0 saturated heterocycles.